The number of methoxy groups -OCH3 is 1. The molecular formula is C32H33N3O5S. The van der Waals surface area contributed by atoms with Gasteiger partial charge in [0.05, 0.1) is 29.5 Å². The highest BCUT2D eigenvalue weighted by Crippen LogP contribution is 2.40. The number of phenols is 1. The number of benzene rings is 3. The zero-order chi connectivity index (χ0) is 29.3. The van der Waals surface area contributed by atoms with Gasteiger partial charge < -0.3 is 19.5 Å². The Bertz CT molecular complexity index is 1850. The second-order valence-electron chi connectivity index (χ2n) is 9.62. The molecule has 8 nitrogen and oxygen atoms in total. The van der Waals surface area contributed by atoms with E-state index in [-0.39, 0.29) is 17.2 Å². The molecule has 0 unspecified atom stereocenters. The van der Waals surface area contributed by atoms with Crippen molar-refractivity contribution in [1.82, 2.24) is 9.47 Å². The molecule has 1 aliphatic rings. The van der Waals surface area contributed by atoms with E-state index >= 15 is 0 Å². The normalized spacial score (nSPS) is 15.0. The third-order valence-corrected chi connectivity index (χ3v) is 8.29. The molecule has 1 aliphatic heterocycles. The van der Waals surface area contributed by atoms with Crippen molar-refractivity contribution in [3.05, 3.63) is 96.7 Å². The lowest BCUT2D eigenvalue weighted by atomic mass is 9.90. The van der Waals surface area contributed by atoms with Crippen LogP contribution in [-0.4, -0.2) is 47.3 Å². The van der Waals surface area contributed by atoms with Crippen molar-refractivity contribution in [1.29, 1.82) is 0 Å². The van der Waals surface area contributed by atoms with Gasteiger partial charge in [-0.15, -0.1) is 0 Å². The van der Waals surface area contributed by atoms with Gasteiger partial charge in [-0.05, 0) is 68.3 Å². The largest absolute Gasteiger partial charge is 0.504 e. The number of carbonyl (C=O) groups is 1. The first-order chi connectivity index (χ1) is 19.8. The molecule has 0 aliphatic carbocycles. The Hall–Kier alpha value is -4.37. The fourth-order valence-corrected chi connectivity index (χ4v) is 6.37. The minimum atomic E-state index is -0.749. The van der Waals surface area contributed by atoms with Crippen molar-refractivity contribution in [2.75, 3.05) is 26.8 Å². The van der Waals surface area contributed by atoms with Crippen LogP contribution in [0.15, 0.2) is 75.7 Å². The monoisotopic (exact) mass is 571 g/mol. The molecule has 212 valence electrons. The van der Waals surface area contributed by atoms with Crippen LogP contribution in [0.1, 0.15) is 44.9 Å². The smallest absolute Gasteiger partial charge is 0.271 e. The van der Waals surface area contributed by atoms with E-state index < -0.39 is 6.04 Å². The molecule has 0 radical (unpaired) electrons. The lowest BCUT2D eigenvalue weighted by molar-refractivity contribution is -0.127. The van der Waals surface area contributed by atoms with Crippen LogP contribution < -0.4 is 24.4 Å². The van der Waals surface area contributed by atoms with Gasteiger partial charge in [0.1, 0.15) is 11.8 Å². The maximum absolute atomic E-state index is 14.2. The number of hydrogen-bond acceptors (Lipinski definition) is 7. The first kappa shape index (κ1) is 28.2. The SMILES string of the molecule is CCOc1cc(/C=c2/sc3n(c2=O)[C@H](c2c(OC)ccc4ccccc24)C(C(=O)N(CC)CC)=C(C)N=3)ccc1O. The molecule has 4 aromatic rings. The average molecular weight is 572 g/mol. The average Bonchev–Trinajstić information content (AvgIpc) is 3.28. The van der Waals surface area contributed by atoms with E-state index in [1.54, 1.807) is 40.9 Å². The summed E-state index contributed by atoms with van der Waals surface area (Å²) in [5.41, 5.74) is 2.19. The molecule has 0 spiro atoms. The highest BCUT2D eigenvalue weighted by atomic mass is 32.1. The number of nitrogens with zero attached hydrogens (tertiary/aromatic N) is 3. The number of rotatable bonds is 8. The molecule has 0 saturated carbocycles. The zero-order valence-corrected chi connectivity index (χ0v) is 24.6. The molecule has 9 heteroatoms. The Balaban J connectivity index is 1.82. The first-order valence-electron chi connectivity index (χ1n) is 13.7. The lowest BCUT2D eigenvalue weighted by Gasteiger charge is -2.30. The quantitative estimate of drug-likeness (QED) is 0.339. The number of fused-ring (bicyclic) bond motifs is 2. The second-order valence-corrected chi connectivity index (χ2v) is 10.6. The molecule has 1 aromatic heterocycles. The van der Waals surface area contributed by atoms with Crippen LogP contribution in [0, 0.1) is 0 Å². The molecule has 41 heavy (non-hydrogen) atoms. The number of amides is 1. The maximum Gasteiger partial charge on any atom is 0.271 e. The van der Waals surface area contributed by atoms with Gasteiger partial charge in [-0.1, -0.05) is 47.7 Å². The number of aromatic hydroxyl groups is 1. The standard InChI is InChI=1S/C32H33N3O5S/c1-6-34(7-2)31(38)27-19(4)33-32-35(29(27)28-22-12-10-9-11-21(22)14-16-24(28)39-5)30(37)26(41-32)18-20-13-15-23(36)25(17-20)40-8-3/h9-18,29,36H,6-8H2,1-5H3/b26-18+/t29-/m0/s1. The van der Waals surface area contributed by atoms with E-state index in [4.69, 9.17) is 14.5 Å². The Morgan fingerprint density at radius 1 is 1.10 bits per heavy atom. The number of likely N-dealkylation sites (N-methyl/N-ethyl adjacent to an activating group) is 1. The Morgan fingerprint density at radius 2 is 1.85 bits per heavy atom. The number of hydrogen-bond donors (Lipinski definition) is 1. The molecule has 2 heterocycles. The molecule has 0 saturated heterocycles. The number of thiazole rings is 1. The molecule has 3 aromatic carbocycles. The Kier molecular flexibility index (Phi) is 7.99. The summed E-state index contributed by atoms with van der Waals surface area (Å²) in [5.74, 6) is 0.798. The van der Waals surface area contributed by atoms with Crippen molar-refractivity contribution < 1.29 is 19.4 Å². The fraction of sp³-hybridized carbons (Fsp3) is 0.281. The summed E-state index contributed by atoms with van der Waals surface area (Å²) in [4.78, 5) is 35.3. The van der Waals surface area contributed by atoms with E-state index in [0.29, 0.717) is 57.4 Å². The predicted molar refractivity (Wildman–Crippen MR) is 161 cm³/mol. The van der Waals surface area contributed by atoms with Crippen LogP contribution in [0.3, 0.4) is 0 Å². The van der Waals surface area contributed by atoms with Gasteiger partial charge in [0.2, 0.25) is 0 Å². The summed E-state index contributed by atoms with van der Waals surface area (Å²) in [7, 11) is 1.60. The molecule has 5 rings (SSSR count). The van der Waals surface area contributed by atoms with Crippen LogP contribution in [0.4, 0.5) is 0 Å². The summed E-state index contributed by atoms with van der Waals surface area (Å²) in [6, 6.07) is 16.0. The summed E-state index contributed by atoms with van der Waals surface area (Å²) in [6.07, 6.45) is 1.76. The Morgan fingerprint density at radius 3 is 2.56 bits per heavy atom. The van der Waals surface area contributed by atoms with Crippen molar-refractivity contribution in [3.63, 3.8) is 0 Å². The summed E-state index contributed by atoms with van der Waals surface area (Å²) in [6.45, 7) is 8.99. The van der Waals surface area contributed by atoms with Crippen LogP contribution >= 0.6 is 11.3 Å². The Labute approximate surface area is 242 Å². The molecular weight excluding hydrogens is 538 g/mol. The number of phenolic OH excluding ortho intramolecular Hbond substituents is 1. The second kappa shape index (κ2) is 11.6. The van der Waals surface area contributed by atoms with Gasteiger partial charge in [0.15, 0.2) is 16.3 Å². The van der Waals surface area contributed by atoms with Gasteiger partial charge in [-0.25, -0.2) is 4.99 Å². The summed E-state index contributed by atoms with van der Waals surface area (Å²) >= 11 is 1.26. The van der Waals surface area contributed by atoms with Crippen LogP contribution in [-0.2, 0) is 4.79 Å². The zero-order valence-electron chi connectivity index (χ0n) is 23.8. The molecule has 1 amide bonds. The minimum absolute atomic E-state index is 0.0312. The van der Waals surface area contributed by atoms with Gasteiger partial charge >= 0.3 is 0 Å². The van der Waals surface area contributed by atoms with Crippen molar-refractivity contribution >= 4 is 34.1 Å². The first-order valence-corrected chi connectivity index (χ1v) is 14.5. The van der Waals surface area contributed by atoms with Gasteiger partial charge in [0.25, 0.3) is 11.5 Å². The lowest BCUT2D eigenvalue weighted by Crippen LogP contribution is -2.43. The number of allylic oxidation sites excluding steroid dienone is 1. The van der Waals surface area contributed by atoms with E-state index in [0.717, 1.165) is 16.3 Å². The minimum Gasteiger partial charge on any atom is -0.504 e. The predicted octanol–water partition coefficient (Wildman–Crippen LogP) is 4.37. The summed E-state index contributed by atoms with van der Waals surface area (Å²) < 4.78 is 13.5. The maximum atomic E-state index is 14.2. The van der Waals surface area contributed by atoms with E-state index in [9.17, 15) is 14.7 Å². The number of ether oxygens (including phenoxy) is 2. The molecule has 1 N–H and O–H groups in total. The molecule has 0 bridgehead atoms. The van der Waals surface area contributed by atoms with Gasteiger partial charge in [-0.2, -0.15) is 0 Å². The van der Waals surface area contributed by atoms with Gasteiger partial charge in [-0.3, -0.25) is 14.2 Å². The molecule has 0 fully saturated rings. The number of carbonyl (C=O) groups excluding carboxylic acids is 1. The van der Waals surface area contributed by atoms with Crippen LogP contribution in [0.25, 0.3) is 16.8 Å². The topological polar surface area (TPSA) is 93.4 Å². The van der Waals surface area contributed by atoms with E-state index in [2.05, 4.69) is 0 Å². The van der Waals surface area contributed by atoms with Crippen molar-refractivity contribution in [2.45, 2.75) is 33.7 Å². The van der Waals surface area contributed by atoms with E-state index in [1.165, 1.54) is 11.3 Å². The third-order valence-electron chi connectivity index (χ3n) is 7.31. The molecule has 1 atom stereocenters. The summed E-state index contributed by atoms with van der Waals surface area (Å²) in [5, 5.41) is 12.0. The van der Waals surface area contributed by atoms with Crippen LogP contribution in [0.5, 0.6) is 17.2 Å². The van der Waals surface area contributed by atoms with E-state index in [1.807, 2.05) is 64.1 Å². The van der Waals surface area contributed by atoms with Gasteiger partial charge in [0, 0.05) is 18.7 Å². The van der Waals surface area contributed by atoms with Crippen molar-refractivity contribution in [2.24, 2.45) is 4.99 Å². The number of aromatic nitrogens is 1. The fourth-order valence-electron chi connectivity index (χ4n) is 5.33. The van der Waals surface area contributed by atoms with Crippen molar-refractivity contribution in [3.8, 4) is 17.2 Å². The third kappa shape index (κ3) is 5.02. The highest BCUT2D eigenvalue weighted by molar-refractivity contribution is 7.07. The van der Waals surface area contributed by atoms with Crippen LogP contribution in [0.2, 0.25) is 0 Å². The highest BCUT2D eigenvalue weighted by Gasteiger charge is 2.36.